The maximum Gasteiger partial charge on any atom is 0.222 e. The highest BCUT2D eigenvalue weighted by molar-refractivity contribution is 6.17. The van der Waals surface area contributed by atoms with Crippen molar-refractivity contribution in [3.05, 3.63) is 0 Å². The SMILES string of the molecule is O=C(CCCCl)N1CC[N]CC1. The van der Waals surface area contributed by atoms with Gasteiger partial charge in [0.25, 0.3) is 0 Å². The lowest BCUT2D eigenvalue weighted by Crippen LogP contribution is -2.43. The van der Waals surface area contributed by atoms with E-state index in [4.69, 9.17) is 11.6 Å². The second kappa shape index (κ2) is 5.38. The molecule has 1 heterocycles. The average molecular weight is 190 g/mol. The van der Waals surface area contributed by atoms with Crippen molar-refractivity contribution in [3.8, 4) is 0 Å². The van der Waals surface area contributed by atoms with Gasteiger partial charge in [-0.3, -0.25) is 4.79 Å². The molecule has 1 saturated heterocycles. The first-order chi connectivity index (χ1) is 5.84. The van der Waals surface area contributed by atoms with Gasteiger partial charge in [-0.15, -0.1) is 11.6 Å². The minimum atomic E-state index is 0.227. The van der Waals surface area contributed by atoms with Gasteiger partial charge in [0, 0.05) is 38.5 Å². The summed E-state index contributed by atoms with van der Waals surface area (Å²) in [6, 6.07) is 0. The summed E-state index contributed by atoms with van der Waals surface area (Å²) in [6.45, 7) is 3.18. The smallest absolute Gasteiger partial charge is 0.222 e. The molecule has 69 valence electrons. The van der Waals surface area contributed by atoms with Crippen LogP contribution in [0.4, 0.5) is 0 Å². The number of halogens is 1. The Morgan fingerprint density at radius 3 is 2.67 bits per heavy atom. The third-order valence-corrected chi connectivity index (χ3v) is 2.20. The monoisotopic (exact) mass is 189 g/mol. The van der Waals surface area contributed by atoms with Crippen molar-refractivity contribution in [2.45, 2.75) is 12.8 Å². The van der Waals surface area contributed by atoms with E-state index in [-0.39, 0.29) is 5.91 Å². The standard InChI is InChI=1S/C8H14ClN2O/c9-3-1-2-8(12)11-6-4-10-5-7-11/h1-7H2. The van der Waals surface area contributed by atoms with Crippen LogP contribution in [0.2, 0.25) is 0 Å². The van der Waals surface area contributed by atoms with Crippen LogP contribution in [0.5, 0.6) is 0 Å². The van der Waals surface area contributed by atoms with Crippen LogP contribution in [0.15, 0.2) is 0 Å². The van der Waals surface area contributed by atoms with Gasteiger partial charge in [-0.1, -0.05) is 0 Å². The molecule has 1 radical (unpaired) electrons. The zero-order chi connectivity index (χ0) is 8.81. The molecular formula is C8H14ClN2O. The van der Waals surface area contributed by atoms with Crippen LogP contribution in [0, 0.1) is 0 Å². The van der Waals surface area contributed by atoms with Crippen LogP contribution in [0.1, 0.15) is 12.8 Å². The van der Waals surface area contributed by atoms with Crippen molar-refractivity contribution in [1.29, 1.82) is 0 Å². The van der Waals surface area contributed by atoms with Crippen molar-refractivity contribution < 1.29 is 4.79 Å². The second-order valence-electron chi connectivity index (χ2n) is 2.84. The lowest BCUT2D eigenvalue weighted by atomic mass is 10.2. The molecule has 1 rings (SSSR count). The van der Waals surface area contributed by atoms with E-state index in [2.05, 4.69) is 5.32 Å². The highest BCUT2D eigenvalue weighted by Gasteiger charge is 2.15. The average Bonchev–Trinajstić information content (AvgIpc) is 2.15. The minimum absolute atomic E-state index is 0.227. The summed E-state index contributed by atoms with van der Waals surface area (Å²) in [5, 5.41) is 4.17. The number of nitrogens with zero attached hydrogens (tertiary/aromatic N) is 2. The lowest BCUT2D eigenvalue weighted by molar-refractivity contribution is -0.131. The van der Waals surface area contributed by atoms with E-state index in [1.807, 2.05) is 4.90 Å². The molecule has 1 aliphatic heterocycles. The molecule has 0 N–H and O–H groups in total. The van der Waals surface area contributed by atoms with Gasteiger partial charge in [0.05, 0.1) is 0 Å². The molecule has 12 heavy (non-hydrogen) atoms. The summed E-state index contributed by atoms with van der Waals surface area (Å²) >= 11 is 5.50. The van der Waals surface area contributed by atoms with Gasteiger partial charge in [-0.05, 0) is 6.42 Å². The summed E-state index contributed by atoms with van der Waals surface area (Å²) < 4.78 is 0. The number of carbonyl (C=O) groups excluding carboxylic acids is 1. The molecule has 0 aromatic carbocycles. The first kappa shape index (κ1) is 9.81. The first-order valence-corrected chi connectivity index (χ1v) is 4.85. The Balaban J connectivity index is 2.20. The van der Waals surface area contributed by atoms with Crippen molar-refractivity contribution in [2.24, 2.45) is 0 Å². The molecule has 0 spiro atoms. The lowest BCUT2D eigenvalue weighted by Gasteiger charge is -2.26. The Labute approximate surface area is 78.1 Å². The Morgan fingerprint density at radius 2 is 2.08 bits per heavy atom. The fourth-order valence-electron chi connectivity index (χ4n) is 1.23. The zero-order valence-electron chi connectivity index (χ0n) is 7.13. The molecule has 0 bridgehead atoms. The number of hydrogen-bond acceptors (Lipinski definition) is 1. The van der Waals surface area contributed by atoms with E-state index in [0.717, 1.165) is 32.6 Å². The normalized spacial score (nSPS) is 17.9. The van der Waals surface area contributed by atoms with Crippen LogP contribution in [0.25, 0.3) is 0 Å². The summed E-state index contributed by atoms with van der Waals surface area (Å²) in [7, 11) is 0. The molecule has 1 fully saturated rings. The second-order valence-corrected chi connectivity index (χ2v) is 3.22. The van der Waals surface area contributed by atoms with Gasteiger partial charge in [0.2, 0.25) is 5.91 Å². The van der Waals surface area contributed by atoms with Crippen molar-refractivity contribution in [1.82, 2.24) is 10.2 Å². The Hall–Kier alpha value is -0.280. The molecule has 0 atom stereocenters. The van der Waals surface area contributed by atoms with Crippen LogP contribution >= 0.6 is 11.6 Å². The van der Waals surface area contributed by atoms with Crippen molar-refractivity contribution in [2.75, 3.05) is 32.1 Å². The molecule has 0 aromatic heterocycles. The molecule has 0 aliphatic carbocycles. The molecule has 4 heteroatoms. The maximum absolute atomic E-state index is 11.4. The van der Waals surface area contributed by atoms with E-state index in [1.54, 1.807) is 0 Å². The van der Waals surface area contributed by atoms with E-state index in [0.29, 0.717) is 12.3 Å². The molecule has 0 unspecified atom stereocenters. The third-order valence-electron chi connectivity index (χ3n) is 1.93. The predicted molar refractivity (Wildman–Crippen MR) is 48.4 cm³/mol. The van der Waals surface area contributed by atoms with Gasteiger partial charge >= 0.3 is 0 Å². The fraction of sp³-hybridized carbons (Fsp3) is 0.875. The number of amides is 1. The topological polar surface area (TPSA) is 34.4 Å². The number of carbonyl (C=O) groups is 1. The van der Waals surface area contributed by atoms with Crippen molar-refractivity contribution in [3.63, 3.8) is 0 Å². The number of rotatable bonds is 3. The highest BCUT2D eigenvalue weighted by atomic mass is 35.5. The van der Waals surface area contributed by atoms with Gasteiger partial charge in [-0.25, -0.2) is 5.32 Å². The van der Waals surface area contributed by atoms with Gasteiger partial charge in [0.15, 0.2) is 0 Å². The Morgan fingerprint density at radius 1 is 1.42 bits per heavy atom. The molecule has 0 saturated carbocycles. The van der Waals surface area contributed by atoms with Gasteiger partial charge in [0.1, 0.15) is 0 Å². The summed E-state index contributed by atoms with van der Waals surface area (Å²) in [4.78, 5) is 13.3. The van der Waals surface area contributed by atoms with Crippen LogP contribution in [-0.2, 0) is 4.79 Å². The molecular weight excluding hydrogens is 176 g/mol. The number of hydrogen-bond donors (Lipinski definition) is 0. The molecule has 3 nitrogen and oxygen atoms in total. The number of piperazine rings is 1. The van der Waals surface area contributed by atoms with Crippen LogP contribution in [0.3, 0.4) is 0 Å². The van der Waals surface area contributed by atoms with Crippen LogP contribution in [-0.4, -0.2) is 42.9 Å². The quantitative estimate of drug-likeness (QED) is 0.594. The van der Waals surface area contributed by atoms with Crippen molar-refractivity contribution >= 4 is 17.5 Å². The van der Waals surface area contributed by atoms with E-state index in [9.17, 15) is 4.79 Å². The van der Waals surface area contributed by atoms with Crippen LogP contribution < -0.4 is 5.32 Å². The minimum Gasteiger partial charge on any atom is -0.340 e. The molecule has 1 amide bonds. The first-order valence-electron chi connectivity index (χ1n) is 4.31. The summed E-state index contributed by atoms with van der Waals surface area (Å²) in [6.07, 6.45) is 1.37. The van der Waals surface area contributed by atoms with E-state index < -0.39 is 0 Å². The van der Waals surface area contributed by atoms with E-state index in [1.165, 1.54) is 0 Å². The largest absolute Gasteiger partial charge is 0.340 e. The summed E-state index contributed by atoms with van der Waals surface area (Å²) in [5.41, 5.74) is 0. The van der Waals surface area contributed by atoms with E-state index >= 15 is 0 Å². The van der Waals surface area contributed by atoms with Gasteiger partial charge < -0.3 is 4.90 Å². The summed E-state index contributed by atoms with van der Waals surface area (Å²) in [5.74, 6) is 0.801. The predicted octanol–water partition coefficient (Wildman–Crippen LogP) is 0.452. The molecule has 1 aliphatic rings. The molecule has 0 aromatic rings. The van der Waals surface area contributed by atoms with Gasteiger partial charge in [-0.2, -0.15) is 0 Å². The Bertz CT molecular complexity index is 146. The fourth-order valence-corrected chi connectivity index (χ4v) is 1.37. The highest BCUT2D eigenvalue weighted by Crippen LogP contribution is 2.01. The Kier molecular flexibility index (Phi) is 4.40. The maximum atomic E-state index is 11.4. The zero-order valence-corrected chi connectivity index (χ0v) is 7.89. The number of alkyl halides is 1. The third kappa shape index (κ3) is 2.99.